The van der Waals surface area contributed by atoms with Crippen LogP contribution in [0.5, 0.6) is 0 Å². The molecule has 0 saturated heterocycles. The fourth-order valence-electron chi connectivity index (χ4n) is 2.59. The smallest absolute Gasteiger partial charge is 0.338 e. The maximum absolute atomic E-state index is 12.5. The zero-order chi connectivity index (χ0) is 17.7. The van der Waals surface area contributed by atoms with Crippen LogP contribution in [0.25, 0.3) is 0 Å². The fourth-order valence-corrected chi connectivity index (χ4v) is 3.11. The summed E-state index contributed by atoms with van der Waals surface area (Å²) in [7, 11) is 0. The van der Waals surface area contributed by atoms with Crippen molar-refractivity contribution in [2.45, 2.75) is 39.2 Å². The lowest BCUT2D eigenvalue weighted by Crippen LogP contribution is -2.46. The van der Waals surface area contributed by atoms with Crippen molar-refractivity contribution in [2.24, 2.45) is 0 Å². The second-order valence-corrected chi connectivity index (χ2v) is 6.26. The number of carbonyl (C=O) groups is 2. The van der Waals surface area contributed by atoms with Gasteiger partial charge in [0.05, 0.1) is 18.2 Å². The van der Waals surface area contributed by atoms with Crippen molar-refractivity contribution in [3.05, 3.63) is 45.1 Å². The summed E-state index contributed by atoms with van der Waals surface area (Å²) in [6.07, 6.45) is 2.37. The number of rotatable bonds is 6. The van der Waals surface area contributed by atoms with Gasteiger partial charge in [-0.1, -0.05) is 42.6 Å². The Morgan fingerprint density at radius 1 is 1.29 bits per heavy atom. The highest BCUT2D eigenvalue weighted by Crippen LogP contribution is 2.34. The molecule has 0 aromatic heterocycles. The van der Waals surface area contributed by atoms with E-state index in [4.69, 9.17) is 27.9 Å². The van der Waals surface area contributed by atoms with Gasteiger partial charge < -0.3 is 15.4 Å². The average molecular weight is 371 g/mol. The van der Waals surface area contributed by atoms with Gasteiger partial charge in [-0.05, 0) is 37.5 Å². The van der Waals surface area contributed by atoms with Gasteiger partial charge in [-0.25, -0.2) is 9.59 Å². The van der Waals surface area contributed by atoms with E-state index in [1.807, 2.05) is 6.92 Å². The number of allylic oxidation sites excluding steroid dienone is 1. The first-order valence-electron chi connectivity index (χ1n) is 7.90. The summed E-state index contributed by atoms with van der Waals surface area (Å²) in [6, 6.07) is 3.92. The Morgan fingerprint density at radius 2 is 2.04 bits per heavy atom. The maximum Gasteiger partial charge on any atom is 0.338 e. The SMILES string of the molecule is CCCCC1=C(C(=O)OCC)C(c2ccc(Cl)cc2Cl)NC(=O)N1. The first kappa shape index (κ1) is 18.6. The average Bonchev–Trinajstić information content (AvgIpc) is 2.52. The highest BCUT2D eigenvalue weighted by Gasteiger charge is 2.34. The van der Waals surface area contributed by atoms with Crippen LogP contribution in [0.2, 0.25) is 10.0 Å². The molecule has 0 bridgehead atoms. The highest BCUT2D eigenvalue weighted by molar-refractivity contribution is 6.35. The Hall–Kier alpha value is -1.72. The second-order valence-electron chi connectivity index (χ2n) is 5.41. The Labute approximate surface area is 151 Å². The van der Waals surface area contributed by atoms with Crippen LogP contribution >= 0.6 is 23.2 Å². The molecule has 7 heteroatoms. The number of halogens is 2. The van der Waals surface area contributed by atoms with Crippen LogP contribution in [0.15, 0.2) is 29.5 Å². The van der Waals surface area contributed by atoms with Crippen LogP contribution < -0.4 is 10.6 Å². The predicted molar refractivity (Wildman–Crippen MR) is 94.1 cm³/mol. The Bertz CT molecular complexity index is 674. The van der Waals surface area contributed by atoms with Gasteiger partial charge in [-0.15, -0.1) is 0 Å². The number of unbranched alkanes of at least 4 members (excludes halogenated alkanes) is 1. The van der Waals surface area contributed by atoms with E-state index >= 15 is 0 Å². The summed E-state index contributed by atoms with van der Waals surface area (Å²) in [5, 5.41) is 6.35. The van der Waals surface area contributed by atoms with Crippen LogP contribution in [0.3, 0.4) is 0 Å². The summed E-state index contributed by atoms with van der Waals surface area (Å²) in [4.78, 5) is 24.5. The number of hydrogen-bond acceptors (Lipinski definition) is 3. The van der Waals surface area contributed by atoms with E-state index < -0.39 is 12.0 Å². The number of hydrogen-bond donors (Lipinski definition) is 2. The van der Waals surface area contributed by atoms with E-state index in [9.17, 15) is 9.59 Å². The molecule has 2 N–H and O–H groups in total. The van der Waals surface area contributed by atoms with Gasteiger partial charge in [0.15, 0.2) is 0 Å². The minimum Gasteiger partial charge on any atom is -0.463 e. The molecule has 24 heavy (non-hydrogen) atoms. The molecule has 1 aliphatic heterocycles. The summed E-state index contributed by atoms with van der Waals surface area (Å²) in [5.74, 6) is -0.466. The van der Waals surface area contributed by atoms with Crippen LogP contribution in [0.4, 0.5) is 4.79 Å². The minimum absolute atomic E-state index is 0.248. The van der Waals surface area contributed by atoms with Gasteiger partial charge in [0.2, 0.25) is 0 Å². The zero-order valence-corrected chi connectivity index (χ0v) is 15.1. The molecule has 0 fully saturated rings. The molecule has 1 atom stereocenters. The lowest BCUT2D eigenvalue weighted by atomic mass is 9.93. The Kier molecular flexibility index (Phi) is 6.52. The number of nitrogens with one attached hydrogen (secondary N) is 2. The quantitative estimate of drug-likeness (QED) is 0.731. The van der Waals surface area contributed by atoms with Gasteiger partial charge in [0.1, 0.15) is 0 Å². The van der Waals surface area contributed by atoms with Gasteiger partial charge in [0.25, 0.3) is 0 Å². The highest BCUT2D eigenvalue weighted by atomic mass is 35.5. The van der Waals surface area contributed by atoms with Crippen molar-refractivity contribution in [1.82, 2.24) is 10.6 Å². The number of carbonyl (C=O) groups excluding carboxylic acids is 2. The Balaban J connectivity index is 2.52. The summed E-state index contributed by atoms with van der Waals surface area (Å²) in [6.45, 7) is 4.03. The van der Waals surface area contributed by atoms with E-state index in [2.05, 4.69) is 10.6 Å². The number of ether oxygens (including phenoxy) is 1. The Morgan fingerprint density at radius 3 is 2.67 bits per heavy atom. The van der Waals surface area contributed by atoms with Gasteiger partial charge >= 0.3 is 12.0 Å². The third-order valence-corrected chi connectivity index (χ3v) is 4.27. The molecule has 0 spiro atoms. The summed E-state index contributed by atoms with van der Waals surface area (Å²) >= 11 is 12.2. The van der Waals surface area contributed by atoms with Crippen molar-refractivity contribution in [2.75, 3.05) is 6.61 Å². The van der Waals surface area contributed by atoms with Crippen molar-refractivity contribution in [1.29, 1.82) is 0 Å². The lowest BCUT2D eigenvalue weighted by molar-refractivity contribution is -0.139. The van der Waals surface area contributed by atoms with Gasteiger partial charge in [-0.3, -0.25) is 0 Å². The van der Waals surface area contributed by atoms with Crippen molar-refractivity contribution in [3.63, 3.8) is 0 Å². The molecule has 0 radical (unpaired) electrons. The number of amides is 2. The third-order valence-electron chi connectivity index (χ3n) is 3.70. The van der Waals surface area contributed by atoms with E-state index in [1.165, 1.54) is 0 Å². The normalized spacial score (nSPS) is 17.3. The molecule has 1 aromatic rings. The van der Waals surface area contributed by atoms with Crippen LogP contribution in [-0.4, -0.2) is 18.6 Å². The first-order chi connectivity index (χ1) is 11.5. The van der Waals surface area contributed by atoms with E-state index in [-0.39, 0.29) is 12.6 Å². The monoisotopic (exact) mass is 370 g/mol. The standard InChI is InChI=1S/C17H20Cl2N2O3/c1-3-5-6-13-14(16(22)24-4-2)15(21-17(23)20-13)11-8-7-10(18)9-12(11)19/h7-9,15H,3-6H2,1-2H3,(H2,20,21,23). The molecule has 0 aliphatic carbocycles. The van der Waals surface area contributed by atoms with E-state index in [0.717, 1.165) is 12.8 Å². The summed E-state index contributed by atoms with van der Waals surface area (Å²) < 4.78 is 5.18. The van der Waals surface area contributed by atoms with E-state index in [0.29, 0.717) is 33.3 Å². The molecule has 5 nitrogen and oxygen atoms in total. The molecule has 2 amide bonds. The minimum atomic E-state index is -0.672. The van der Waals surface area contributed by atoms with Gasteiger partial charge in [0, 0.05) is 15.7 Å². The van der Waals surface area contributed by atoms with Crippen molar-refractivity contribution in [3.8, 4) is 0 Å². The molecule has 2 rings (SSSR count). The molecule has 130 valence electrons. The van der Waals surface area contributed by atoms with Crippen molar-refractivity contribution < 1.29 is 14.3 Å². The van der Waals surface area contributed by atoms with Crippen LogP contribution in [0.1, 0.15) is 44.7 Å². The number of esters is 1. The molecule has 1 unspecified atom stereocenters. The largest absolute Gasteiger partial charge is 0.463 e. The number of benzene rings is 1. The molecule has 1 heterocycles. The molecular weight excluding hydrogens is 351 g/mol. The lowest BCUT2D eigenvalue weighted by Gasteiger charge is -2.30. The second kappa shape index (κ2) is 8.40. The third kappa shape index (κ3) is 4.22. The molecular formula is C17H20Cl2N2O3. The van der Waals surface area contributed by atoms with Gasteiger partial charge in [-0.2, -0.15) is 0 Å². The van der Waals surface area contributed by atoms with Crippen LogP contribution in [-0.2, 0) is 9.53 Å². The maximum atomic E-state index is 12.5. The molecule has 0 saturated carbocycles. The van der Waals surface area contributed by atoms with Crippen molar-refractivity contribution >= 4 is 35.2 Å². The zero-order valence-electron chi connectivity index (χ0n) is 13.6. The molecule has 1 aliphatic rings. The first-order valence-corrected chi connectivity index (χ1v) is 8.66. The fraction of sp³-hybridized carbons (Fsp3) is 0.412. The summed E-state index contributed by atoms with van der Waals surface area (Å²) in [5.41, 5.74) is 1.57. The topological polar surface area (TPSA) is 67.4 Å². The molecule has 1 aromatic carbocycles. The van der Waals surface area contributed by atoms with E-state index in [1.54, 1.807) is 25.1 Å². The van der Waals surface area contributed by atoms with Crippen LogP contribution in [0, 0.1) is 0 Å². The number of urea groups is 1. The predicted octanol–water partition coefficient (Wildman–Crippen LogP) is 4.35.